The molecule has 0 radical (unpaired) electrons. The van der Waals surface area contributed by atoms with Crippen molar-refractivity contribution in [1.29, 1.82) is 0 Å². The summed E-state index contributed by atoms with van der Waals surface area (Å²) in [5.74, 6) is -1.18. The standard InChI is InChI=1S/C13H11IN2O4S/c14-10-6-5-8(7-9(10)13(17)18)21(19,20)16-12-4-2-1-3-11(12)15/h1-7,16H,15H2,(H,17,18). The first kappa shape index (κ1) is 15.6. The van der Waals surface area contributed by atoms with E-state index in [0.29, 0.717) is 3.57 Å². The predicted molar refractivity (Wildman–Crippen MR) is 87.8 cm³/mol. The molecule has 8 heteroatoms. The maximum atomic E-state index is 12.3. The molecule has 0 aromatic heterocycles. The van der Waals surface area contributed by atoms with Gasteiger partial charge in [-0.1, -0.05) is 12.1 Å². The second-order valence-corrected chi connectivity index (χ2v) is 6.98. The molecular formula is C13H11IN2O4S. The Morgan fingerprint density at radius 3 is 2.48 bits per heavy atom. The van der Waals surface area contributed by atoms with Crippen LogP contribution in [0.1, 0.15) is 10.4 Å². The number of hydrogen-bond donors (Lipinski definition) is 3. The van der Waals surface area contributed by atoms with Gasteiger partial charge in [0.1, 0.15) is 0 Å². The molecular weight excluding hydrogens is 407 g/mol. The number of nitrogens with two attached hydrogens (primary N) is 1. The minimum atomic E-state index is -3.91. The van der Waals surface area contributed by atoms with Crippen LogP contribution in [-0.2, 0) is 10.0 Å². The van der Waals surface area contributed by atoms with Gasteiger partial charge in [0.2, 0.25) is 0 Å². The molecule has 0 saturated heterocycles. The topological polar surface area (TPSA) is 109 Å². The molecule has 0 saturated carbocycles. The third kappa shape index (κ3) is 3.45. The Labute approximate surface area is 135 Å². The van der Waals surface area contributed by atoms with Gasteiger partial charge >= 0.3 is 5.97 Å². The van der Waals surface area contributed by atoms with Crippen molar-refractivity contribution in [3.05, 3.63) is 51.6 Å². The summed E-state index contributed by atoms with van der Waals surface area (Å²) < 4.78 is 27.4. The molecule has 0 unspecified atom stereocenters. The van der Waals surface area contributed by atoms with Gasteiger partial charge in [0.25, 0.3) is 10.0 Å². The fourth-order valence-electron chi connectivity index (χ4n) is 1.63. The van der Waals surface area contributed by atoms with Crippen LogP contribution >= 0.6 is 22.6 Å². The molecule has 0 aliphatic carbocycles. The van der Waals surface area contributed by atoms with E-state index in [0.717, 1.165) is 6.07 Å². The summed E-state index contributed by atoms with van der Waals surface area (Å²) in [5.41, 5.74) is 6.14. The quantitative estimate of drug-likeness (QED) is 0.522. The monoisotopic (exact) mass is 418 g/mol. The van der Waals surface area contributed by atoms with Crippen LogP contribution in [0.3, 0.4) is 0 Å². The van der Waals surface area contributed by atoms with E-state index in [9.17, 15) is 13.2 Å². The molecule has 2 aromatic carbocycles. The van der Waals surface area contributed by atoms with Crippen LogP contribution < -0.4 is 10.5 Å². The van der Waals surface area contributed by atoms with E-state index in [4.69, 9.17) is 10.8 Å². The summed E-state index contributed by atoms with van der Waals surface area (Å²) in [6.45, 7) is 0. The Balaban J connectivity index is 2.43. The second-order valence-electron chi connectivity index (χ2n) is 4.14. The summed E-state index contributed by atoms with van der Waals surface area (Å²) in [6.07, 6.45) is 0. The second kappa shape index (κ2) is 5.90. The Morgan fingerprint density at radius 2 is 1.86 bits per heavy atom. The van der Waals surface area contributed by atoms with Gasteiger partial charge in [0, 0.05) is 3.57 Å². The van der Waals surface area contributed by atoms with Gasteiger partial charge in [-0.15, -0.1) is 0 Å². The van der Waals surface area contributed by atoms with Crippen molar-refractivity contribution in [1.82, 2.24) is 0 Å². The minimum absolute atomic E-state index is 0.0699. The highest BCUT2D eigenvalue weighted by Gasteiger charge is 2.19. The van der Waals surface area contributed by atoms with E-state index in [1.54, 1.807) is 18.2 Å². The van der Waals surface area contributed by atoms with Gasteiger partial charge in [-0.05, 0) is 52.9 Å². The number of halogens is 1. The Hall–Kier alpha value is -1.81. The van der Waals surface area contributed by atoms with Gasteiger partial charge in [0.05, 0.1) is 21.8 Å². The Bertz CT molecular complexity index is 806. The molecule has 0 amide bonds. The smallest absolute Gasteiger partial charge is 0.336 e. The number of carboxylic acid groups (broad SMARTS) is 1. The zero-order valence-corrected chi connectivity index (χ0v) is 13.6. The lowest BCUT2D eigenvalue weighted by molar-refractivity contribution is 0.0695. The molecule has 21 heavy (non-hydrogen) atoms. The SMILES string of the molecule is Nc1ccccc1NS(=O)(=O)c1ccc(I)c(C(=O)O)c1. The van der Waals surface area contributed by atoms with E-state index in [1.165, 1.54) is 18.2 Å². The highest BCUT2D eigenvalue weighted by Crippen LogP contribution is 2.23. The fourth-order valence-corrected chi connectivity index (χ4v) is 3.31. The van der Waals surface area contributed by atoms with Crippen LogP contribution in [0.4, 0.5) is 11.4 Å². The molecule has 0 fully saturated rings. The summed E-state index contributed by atoms with van der Waals surface area (Å²) in [5, 5.41) is 9.05. The van der Waals surface area contributed by atoms with Crippen LogP contribution in [0.5, 0.6) is 0 Å². The average molecular weight is 418 g/mol. The van der Waals surface area contributed by atoms with Gasteiger partial charge in [-0.25, -0.2) is 13.2 Å². The largest absolute Gasteiger partial charge is 0.478 e. The molecule has 4 N–H and O–H groups in total. The molecule has 2 rings (SSSR count). The number of rotatable bonds is 4. The van der Waals surface area contributed by atoms with Gasteiger partial charge in [-0.2, -0.15) is 0 Å². The lowest BCUT2D eigenvalue weighted by Crippen LogP contribution is -2.15. The minimum Gasteiger partial charge on any atom is -0.478 e. The molecule has 0 aliphatic heterocycles. The van der Waals surface area contributed by atoms with Crippen LogP contribution in [0.25, 0.3) is 0 Å². The first-order valence-electron chi connectivity index (χ1n) is 5.71. The Morgan fingerprint density at radius 1 is 1.19 bits per heavy atom. The van der Waals surface area contributed by atoms with Crippen molar-refractivity contribution in [2.24, 2.45) is 0 Å². The maximum Gasteiger partial charge on any atom is 0.336 e. The lowest BCUT2D eigenvalue weighted by atomic mass is 10.2. The lowest BCUT2D eigenvalue weighted by Gasteiger charge is -2.11. The number of anilines is 2. The zero-order valence-electron chi connectivity index (χ0n) is 10.6. The number of para-hydroxylation sites is 2. The molecule has 2 aromatic rings. The number of aromatic carboxylic acids is 1. The van der Waals surface area contributed by atoms with Crippen molar-refractivity contribution in [2.75, 3.05) is 10.5 Å². The number of hydrogen-bond acceptors (Lipinski definition) is 4. The Kier molecular flexibility index (Phi) is 4.37. The highest BCUT2D eigenvalue weighted by atomic mass is 127. The predicted octanol–water partition coefficient (Wildman–Crippen LogP) is 2.37. The van der Waals surface area contributed by atoms with Gasteiger partial charge < -0.3 is 10.8 Å². The van der Waals surface area contributed by atoms with Gasteiger partial charge in [0.15, 0.2) is 0 Å². The van der Waals surface area contributed by atoms with Crippen LogP contribution in [0.2, 0.25) is 0 Å². The average Bonchev–Trinajstić information content (AvgIpc) is 2.41. The normalized spacial score (nSPS) is 11.1. The van der Waals surface area contributed by atoms with Crippen molar-refractivity contribution >= 4 is 50.0 Å². The van der Waals surface area contributed by atoms with Crippen molar-refractivity contribution in [3.8, 4) is 0 Å². The van der Waals surface area contributed by atoms with Crippen molar-refractivity contribution < 1.29 is 18.3 Å². The van der Waals surface area contributed by atoms with Crippen molar-refractivity contribution in [3.63, 3.8) is 0 Å². The van der Waals surface area contributed by atoms with Crippen LogP contribution in [0, 0.1) is 3.57 Å². The molecule has 110 valence electrons. The number of nitrogens with one attached hydrogen (secondary N) is 1. The molecule has 0 aliphatic rings. The van der Waals surface area contributed by atoms with E-state index >= 15 is 0 Å². The fraction of sp³-hybridized carbons (Fsp3) is 0. The summed E-state index contributed by atoms with van der Waals surface area (Å²) >= 11 is 1.83. The first-order valence-corrected chi connectivity index (χ1v) is 8.27. The van der Waals surface area contributed by atoms with Crippen molar-refractivity contribution in [2.45, 2.75) is 4.90 Å². The number of carboxylic acids is 1. The zero-order chi connectivity index (χ0) is 15.6. The number of nitrogen functional groups attached to an aromatic ring is 1. The highest BCUT2D eigenvalue weighted by molar-refractivity contribution is 14.1. The van der Waals surface area contributed by atoms with E-state index in [1.807, 2.05) is 22.6 Å². The molecule has 6 nitrogen and oxygen atoms in total. The molecule has 0 spiro atoms. The van der Waals surface area contributed by atoms with E-state index in [2.05, 4.69) is 4.72 Å². The van der Waals surface area contributed by atoms with Crippen LogP contribution in [-0.4, -0.2) is 19.5 Å². The van der Waals surface area contributed by atoms with Gasteiger partial charge in [-0.3, -0.25) is 4.72 Å². The molecule has 0 heterocycles. The number of benzene rings is 2. The summed E-state index contributed by atoms with van der Waals surface area (Å²) in [4.78, 5) is 10.9. The van der Waals surface area contributed by atoms with E-state index < -0.39 is 16.0 Å². The van der Waals surface area contributed by atoms with Crippen LogP contribution in [0.15, 0.2) is 47.4 Å². The summed E-state index contributed by atoms with van der Waals surface area (Å²) in [6, 6.07) is 10.3. The summed E-state index contributed by atoms with van der Waals surface area (Å²) in [7, 11) is -3.91. The molecule has 0 atom stereocenters. The maximum absolute atomic E-state index is 12.3. The van der Waals surface area contributed by atoms with E-state index in [-0.39, 0.29) is 21.8 Å². The third-order valence-corrected chi connectivity index (χ3v) is 4.99. The number of carbonyl (C=O) groups is 1. The number of sulfonamides is 1. The molecule has 0 bridgehead atoms. The first-order chi connectivity index (χ1) is 9.81. The third-order valence-electron chi connectivity index (χ3n) is 2.68.